The number of hydrogen-bond acceptors (Lipinski definition) is 3. The number of fused-ring (bicyclic) bond motifs is 6. The average Bonchev–Trinajstić information content (AvgIpc) is 2.73. The molecular weight excluding hydrogens is 246 g/mol. The van der Waals surface area contributed by atoms with Gasteiger partial charge >= 0.3 is 6.03 Å². The van der Waals surface area contributed by atoms with Crippen LogP contribution < -0.4 is 5.32 Å². The van der Waals surface area contributed by atoms with E-state index in [1.54, 1.807) is 23.1 Å². The summed E-state index contributed by atoms with van der Waals surface area (Å²) in [5.74, 6) is -0.465. The molecule has 19 heavy (non-hydrogen) atoms. The molecule has 1 saturated heterocycles. The monoisotopic (exact) mass is 257 g/mol. The van der Waals surface area contributed by atoms with E-state index >= 15 is 0 Å². The normalized spacial score (nSPS) is 21.5. The third kappa shape index (κ3) is 1.31. The number of nitrogens with zero attached hydrogens (tertiary/aromatic N) is 1. The molecule has 2 aliphatic rings. The summed E-state index contributed by atoms with van der Waals surface area (Å²) in [6.07, 6.45) is 0. The van der Waals surface area contributed by atoms with Crippen LogP contribution in [-0.2, 0) is 11.3 Å². The number of H-pyrrole nitrogens is 1. The molecule has 96 valence electrons. The van der Waals surface area contributed by atoms with Crippen molar-refractivity contribution in [3.8, 4) is 5.75 Å². The van der Waals surface area contributed by atoms with Gasteiger partial charge in [0.15, 0.2) is 0 Å². The Hall–Kier alpha value is -2.50. The number of hydrogen-bond donors (Lipinski definition) is 3. The number of phenols is 1. The Morgan fingerprint density at radius 2 is 2.16 bits per heavy atom. The number of carbonyl (C=O) groups is 2. The van der Waals surface area contributed by atoms with Crippen molar-refractivity contribution in [3.05, 3.63) is 29.5 Å². The molecule has 1 aromatic heterocycles. The van der Waals surface area contributed by atoms with E-state index in [2.05, 4.69) is 10.3 Å². The van der Waals surface area contributed by atoms with E-state index in [1.807, 2.05) is 0 Å². The first kappa shape index (κ1) is 10.4. The molecule has 1 unspecified atom stereocenters. The Morgan fingerprint density at radius 3 is 3.00 bits per heavy atom. The summed E-state index contributed by atoms with van der Waals surface area (Å²) in [5.41, 5.74) is 2.64. The van der Waals surface area contributed by atoms with E-state index in [4.69, 9.17) is 0 Å². The molecule has 6 nitrogen and oxygen atoms in total. The average molecular weight is 257 g/mol. The van der Waals surface area contributed by atoms with Crippen molar-refractivity contribution in [2.24, 2.45) is 0 Å². The van der Waals surface area contributed by atoms with Gasteiger partial charge in [-0.25, -0.2) is 4.79 Å². The SMILES string of the molecule is O=C1NC(=O)N2Cc3[nH]c4ccc(O)cc4c3C1C2. The highest BCUT2D eigenvalue weighted by molar-refractivity contribution is 6.04. The van der Waals surface area contributed by atoms with E-state index in [-0.39, 0.29) is 23.6 Å². The molecule has 2 aliphatic heterocycles. The largest absolute Gasteiger partial charge is 0.508 e. The number of nitrogens with one attached hydrogen (secondary N) is 2. The van der Waals surface area contributed by atoms with Crippen molar-refractivity contribution in [1.29, 1.82) is 0 Å². The summed E-state index contributed by atoms with van der Waals surface area (Å²) >= 11 is 0. The summed E-state index contributed by atoms with van der Waals surface area (Å²) in [7, 11) is 0. The standard InChI is InChI=1S/C13H11N3O3/c17-6-1-2-9-7(3-6)11-8-4-16(5-10(11)14-9)13(19)15-12(8)18/h1-3,8,14,17H,4-5H2,(H,15,18,19). The van der Waals surface area contributed by atoms with Gasteiger partial charge in [-0.15, -0.1) is 0 Å². The zero-order valence-electron chi connectivity index (χ0n) is 9.93. The van der Waals surface area contributed by atoms with Crippen molar-refractivity contribution >= 4 is 22.8 Å². The molecule has 0 saturated carbocycles. The van der Waals surface area contributed by atoms with Crippen molar-refractivity contribution in [3.63, 3.8) is 0 Å². The number of aromatic amines is 1. The Labute approximate surface area is 108 Å². The van der Waals surface area contributed by atoms with Gasteiger partial charge in [0.25, 0.3) is 0 Å². The van der Waals surface area contributed by atoms with E-state index in [0.29, 0.717) is 13.1 Å². The van der Waals surface area contributed by atoms with Crippen LogP contribution in [0.1, 0.15) is 17.2 Å². The minimum atomic E-state index is -0.364. The Bertz CT molecular complexity index is 734. The van der Waals surface area contributed by atoms with E-state index in [0.717, 1.165) is 22.2 Å². The Balaban J connectivity index is 1.99. The predicted molar refractivity (Wildman–Crippen MR) is 66.7 cm³/mol. The number of rotatable bonds is 0. The number of imide groups is 1. The molecule has 6 heteroatoms. The molecule has 4 rings (SSSR count). The van der Waals surface area contributed by atoms with E-state index in [9.17, 15) is 14.7 Å². The molecule has 0 spiro atoms. The topological polar surface area (TPSA) is 85.4 Å². The predicted octanol–water partition coefficient (Wildman–Crippen LogP) is 1.02. The summed E-state index contributed by atoms with van der Waals surface area (Å²) in [6, 6.07) is 4.70. The first-order valence-electron chi connectivity index (χ1n) is 6.07. The van der Waals surface area contributed by atoms with Crippen LogP contribution in [0.15, 0.2) is 18.2 Å². The van der Waals surface area contributed by atoms with Crippen LogP contribution in [0.5, 0.6) is 5.75 Å². The van der Waals surface area contributed by atoms with Gasteiger partial charge in [0.05, 0.1) is 12.5 Å². The lowest BCUT2D eigenvalue weighted by molar-refractivity contribution is -0.123. The highest BCUT2D eigenvalue weighted by Crippen LogP contribution is 2.37. The van der Waals surface area contributed by atoms with E-state index in [1.165, 1.54) is 0 Å². The molecular formula is C13H11N3O3. The number of urea groups is 1. The molecule has 1 fully saturated rings. The molecule has 2 bridgehead atoms. The van der Waals surface area contributed by atoms with Gasteiger partial charge in [0, 0.05) is 23.1 Å². The number of aromatic hydroxyl groups is 1. The van der Waals surface area contributed by atoms with Crippen molar-refractivity contribution in [2.75, 3.05) is 6.54 Å². The zero-order chi connectivity index (χ0) is 13.1. The quantitative estimate of drug-likeness (QED) is 0.658. The second-order valence-corrected chi connectivity index (χ2v) is 4.97. The number of amides is 3. The van der Waals surface area contributed by atoms with E-state index < -0.39 is 0 Å². The maximum absolute atomic E-state index is 12.0. The summed E-state index contributed by atoms with van der Waals surface area (Å²) in [6.45, 7) is 0.862. The molecule has 0 aliphatic carbocycles. The second-order valence-electron chi connectivity index (χ2n) is 4.97. The van der Waals surface area contributed by atoms with Crippen molar-refractivity contribution in [1.82, 2.24) is 15.2 Å². The molecule has 3 N–H and O–H groups in total. The number of aromatic nitrogens is 1. The van der Waals surface area contributed by atoms with Crippen LogP contribution in [0.4, 0.5) is 4.79 Å². The molecule has 3 amide bonds. The lowest BCUT2D eigenvalue weighted by Crippen LogP contribution is -2.55. The Morgan fingerprint density at radius 1 is 1.32 bits per heavy atom. The molecule has 1 aromatic carbocycles. The Kier molecular flexibility index (Phi) is 1.80. The minimum absolute atomic E-state index is 0.170. The fraction of sp³-hybridized carbons (Fsp3) is 0.231. The number of phenolic OH excluding ortho intramolecular Hbond substituents is 1. The summed E-state index contributed by atoms with van der Waals surface area (Å²) in [5, 5.41) is 12.8. The van der Waals surface area contributed by atoms with Gasteiger partial charge in [-0.3, -0.25) is 10.1 Å². The van der Waals surface area contributed by atoms with Crippen LogP contribution in [0, 0.1) is 0 Å². The van der Waals surface area contributed by atoms with Gasteiger partial charge in [-0.2, -0.15) is 0 Å². The van der Waals surface area contributed by atoms with Gasteiger partial charge in [-0.05, 0) is 23.8 Å². The first-order chi connectivity index (χ1) is 9.13. The highest BCUT2D eigenvalue weighted by Gasteiger charge is 2.40. The maximum Gasteiger partial charge on any atom is 0.324 e. The highest BCUT2D eigenvalue weighted by atomic mass is 16.3. The van der Waals surface area contributed by atoms with Crippen LogP contribution in [-0.4, -0.2) is 33.5 Å². The molecule has 2 aromatic rings. The second kappa shape index (κ2) is 3.28. The van der Waals surface area contributed by atoms with Crippen LogP contribution >= 0.6 is 0 Å². The minimum Gasteiger partial charge on any atom is -0.508 e. The molecule has 1 atom stereocenters. The fourth-order valence-corrected chi connectivity index (χ4v) is 2.99. The summed E-state index contributed by atoms with van der Waals surface area (Å²) < 4.78 is 0. The lowest BCUT2D eigenvalue weighted by atomic mass is 9.90. The van der Waals surface area contributed by atoms with Gasteiger partial charge in [0.1, 0.15) is 5.75 Å². The third-order valence-electron chi connectivity index (χ3n) is 3.84. The first-order valence-corrected chi connectivity index (χ1v) is 6.07. The van der Waals surface area contributed by atoms with Gasteiger partial charge < -0.3 is 15.0 Å². The van der Waals surface area contributed by atoms with Gasteiger partial charge in [-0.1, -0.05) is 0 Å². The fourth-order valence-electron chi connectivity index (χ4n) is 2.99. The number of carbonyl (C=O) groups excluding carboxylic acids is 2. The molecule has 0 radical (unpaired) electrons. The molecule has 3 heterocycles. The lowest BCUT2D eigenvalue weighted by Gasteiger charge is -2.36. The zero-order valence-corrected chi connectivity index (χ0v) is 9.93. The van der Waals surface area contributed by atoms with Gasteiger partial charge in [0.2, 0.25) is 5.91 Å². The van der Waals surface area contributed by atoms with Crippen molar-refractivity contribution in [2.45, 2.75) is 12.5 Å². The summed E-state index contributed by atoms with van der Waals surface area (Å²) in [4.78, 5) is 28.4. The third-order valence-corrected chi connectivity index (χ3v) is 3.84. The number of benzene rings is 1. The van der Waals surface area contributed by atoms with Crippen molar-refractivity contribution < 1.29 is 14.7 Å². The van der Waals surface area contributed by atoms with Crippen LogP contribution in [0.3, 0.4) is 0 Å². The van der Waals surface area contributed by atoms with Crippen LogP contribution in [0.25, 0.3) is 10.9 Å². The van der Waals surface area contributed by atoms with Crippen LogP contribution in [0.2, 0.25) is 0 Å². The smallest absolute Gasteiger partial charge is 0.324 e. The maximum atomic E-state index is 12.0.